The molecule has 0 radical (unpaired) electrons. The van der Waals surface area contributed by atoms with Gasteiger partial charge in [0.05, 0.1) is 5.70 Å². The molecule has 0 saturated heterocycles. The number of likely N-dealkylation sites (N-methyl/N-ethyl adjacent to an activating group) is 1. The fraction of sp³-hybridized carbons (Fsp3) is 0.500. The van der Waals surface area contributed by atoms with Crippen molar-refractivity contribution < 1.29 is 0 Å². The first-order chi connectivity index (χ1) is 5.35. The summed E-state index contributed by atoms with van der Waals surface area (Å²) in [5.41, 5.74) is 0.799. The van der Waals surface area contributed by atoms with Crippen LogP contribution in [-0.2, 0) is 0 Å². The van der Waals surface area contributed by atoms with Crippen molar-refractivity contribution in [3.05, 3.63) is 11.9 Å². The van der Waals surface area contributed by atoms with Gasteiger partial charge in [-0.05, 0) is 20.5 Å². The van der Waals surface area contributed by atoms with Crippen molar-refractivity contribution in [2.75, 3.05) is 13.6 Å². The van der Waals surface area contributed by atoms with Gasteiger partial charge < -0.3 is 5.32 Å². The predicted molar refractivity (Wildman–Crippen MR) is 52.5 cm³/mol. The van der Waals surface area contributed by atoms with Crippen molar-refractivity contribution in [2.24, 2.45) is 9.98 Å². The molecule has 0 rings (SSSR count). The largest absolute Gasteiger partial charge is 0.314 e. The molecule has 0 unspecified atom stereocenters. The third-order valence-electron chi connectivity index (χ3n) is 0.801. The van der Waals surface area contributed by atoms with E-state index >= 15 is 0 Å². The third-order valence-corrected chi connectivity index (χ3v) is 0.801. The molecule has 3 heteroatoms. The van der Waals surface area contributed by atoms with Gasteiger partial charge in [-0.25, -0.2) is 0 Å². The molecular weight excluding hydrogens is 138 g/mol. The van der Waals surface area contributed by atoms with E-state index in [1.165, 1.54) is 0 Å². The van der Waals surface area contributed by atoms with E-state index in [0.717, 1.165) is 5.70 Å². The van der Waals surface area contributed by atoms with Gasteiger partial charge in [0.1, 0.15) is 0 Å². The van der Waals surface area contributed by atoms with Gasteiger partial charge in [0.2, 0.25) is 0 Å². The topological polar surface area (TPSA) is 36.8 Å². The summed E-state index contributed by atoms with van der Waals surface area (Å²) in [6.07, 6.45) is 1.57. The summed E-state index contributed by atoms with van der Waals surface area (Å²) in [7, 11) is 1.84. The van der Waals surface area contributed by atoms with E-state index in [2.05, 4.69) is 28.7 Å². The Balaban J connectivity index is 0. The Morgan fingerprint density at radius 2 is 2.00 bits per heavy atom. The highest BCUT2D eigenvalue weighted by atomic mass is 14.9. The van der Waals surface area contributed by atoms with Crippen LogP contribution in [0.15, 0.2) is 21.9 Å². The fourth-order valence-corrected chi connectivity index (χ4v) is 0.429. The van der Waals surface area contributed by atoms with E-state index < -0.39 is 0 Å². The monoisotopic (exact) mass is 155 g/mol. The average Bonchev–Trinajstić information content (AvgIpc) is 2.08. The Morgan fingerprint density at radius 3 is 2.27 bits per heavy atom. The summed E-state index contributed by atoms with van der Waals surface area (Å²) < 4.78 is 0. The highest BCUT2D eigenvalue weighted by molar-refractivity contribution is 5.31. The van der Waals surface area contributed by atoms with Gasteiger partial charge in [0.25, 0.3) is 0 Å². The molecule has 0 spiro atoms. The van der Waals surface area contributed by atoms with Crippen LogP contribution in [0.4, 0.5) is 0 Å². The number of hydrogen-bond acceptors (Lipinski definition) is 3. The second-order valence-electron chi connectivity index (χ2n) is 1.49. The van der Waals surface area contributed by atoms with Crippen LogP contribution < -0.4 is 5.32 Å². The van der Waals surface area contributed by atoms with Crippen LogP contribution in [-0.4, -0.2) is 27.0 Å². The van der Waals surface area contributed by atoms with E-state index in [-0.39, 0.29) is 0 Å². The average molecular weight is 155 g/mol. The highest BCUT2D eigenvalue weighted by Crippen LogP contribution is 1.91. The van der Waals surface area contributed by atoms with Crippen molar-refractivity contribution in [2.45, 2.75) is 13.8 Å². The van der Waals surface area contributed by atoms with Gasteiger partial charge in [-0.1, -0.05) is 13.8 Å². The smallest absolute Gasteiger partial charge is 0.0716 e. The first kappa shape index (κ1) is 12.7. The van der Waals surface area contributed by atoms with E-state index in [1.54, 1.807) is 6.20 Å². The van der Waals surface area contributed by atoms with Crippen molar-refractivity contribution in [1.82, 2.24) is 5.32 Å². The predicted octanol–water partition coefficient (Wildman–Crippen LogP) is 1.47. The van der Waals surface area contributed by atoms with Crippen LogP contribution in [0, 0.1) is 0 Å². The van der Waals surface area contributed by atoms with E-state index in [1.807, 2.05) is 20.9 Å². The molecule has 0 fully saturated rings. The van der Waals surface area contributed by atoms with E-state index in [0.29, 0.717) is 6.54 Å². The summed E-state index contributed by atoms with van der Waals surface area (Å²) in [5.74, 6) is 0. The SMILES string of the molecule is C=N/C=C(/CNC)N=C.CC. The zero-order valence-electron chi connectivity index (χ0n) is 7.59. The lowest BCUT2D eigenvalue weighted by atomic mass is 10.5. The van der Waals surface area contributed by atoms with Crippen molar-refractivity contribution >= 4 is 13.4 Å². The first-order valence-corrected chi connectivity index (χ1v) is 3.61. The van der Waals surface area contributed by atoms with Gasteiger partial charge in [0, 0.05) is 12.7 Å². The van der Waals surface area contributed by atoms with Gasteiger partial charge in [0.15, 0.2) is 0 Å². The summed E-state index contributed by atoms with van der Waals surface area (Å²) in [6, 6.07) is 0. The lowest BCUT2D eigenvalue weighted by molar-refractivity contribution is 0.870. The molecule has 1 N–H and O–H groups in total. The second-order valence-corrected chi connectivity index (χ2v) is 1.49. The number of hydrogen-bond donors (Lipinski definition) is 1. The van der Waals surface area contributed by atoms with Crippen LogP contribution in [0.1, 0.15) is 13.8 Å². The summed E-state index contributed by atoms with van der Waals surface area (Å²) in [5, 5.41) is 2.91. The van der Waals surface area contributed by atoms with Gasteiger partial charge in [-0.2, -0.15) is 0 Å². The molecule has 0 aromatic heterocycles. The maximum atomic E-state index is 3.68. The highest BCUT2D eigenvalue weighted by Gasteiger charge is 1.85. The zero-order chi connectivity index (χ0) is 9.11. The Morgan fingerprint density at radius 1 is 1.45 bits per heavy atom. The minimum atomic E-state index is 0.683. The zero-order valence-corrected chi connectivity index (χ0v) is 7.59. The summed E-state index contributed by atoms with van der Waals surface area (Å²) in [6.45, 7) is 11.3. The van der Waals surface area contributed by atoms with Crippen molar-refractivity contribution in [3.8, 4) is 0 Å². The van der Waals surface area contributed by atoms with Crippen LogP contribution in [0.5, 0.6) is 0 Å². The molecule has 0 aliphatic heterocycles. The first-order valence-electron chi connectivity index (χ1n) is 3.61. The van der Waals surface area contributed by atoms with Gasteiger partial charge >= 0.3 is 0 Å². The summed E-state index contributed by atoms with van der Waals surface area (Å²) in [4.78, 5) is 7.22. The standard InChI is InChI=1S/C6H11N3.C2H6/c1-7-4-6(9-3)5-8-2;1-2/h4,8H,1,3,5H2,2H3;1-2H3/b6-4-;. The Hall–Kier alpha value is -0.960. The molecule has 64 valence electrons. The van der Waals surface area contributed by atoms with Crippen molar-refractivity contribution in [3.63, 3.8) is 0 Å². The van der Waals surface area contributed by atoms with Gasteiger partial charge in [-0.3, -0.25) is 9.98 Å². The summed E-state index contributed by atoms with van der Waals surface area (Å²) >= 11 is 0. The van der Waals surface area contributed by atoms with Gasteiger partial charge in [-0.15, -0.1) is 0 Å². The second kappa shape index (κ2) is 11.8. The molecule has 0 aromatic carbocycles. The molecule has 0 atom stereocenters. The molecular formula is C8H17N3. The minimum Gasteiger partial charge on any atom is -0.314 e. The number of nitrogens with one attached hydrogen (secondary N) is 1. The van der Waals surface area contributed by atoms with E-state index in [4.69, 9.17) is 0 Å². The molecule has 11 heavy (non-hydrogen) atoms. The van der Waals surface area contributed by atoms with Crippen LogP contribution >= 0.6 is 0 Å². The molecule has 0 amide bonds. The van der Waals surface area contributed by atoms with Crippen LogP contribution in [0.3, 0.4) is 0 Å². The quantitative estimate of drug-likeness (QED) is 0.613. The maximum Gasteiger partial charge on any atom is 0.0716 e. The fourth-order valence-electron chi connectivity index (χ4n) is 0.429. The van der Waals surface area contributed by atoms with Crippen molar-refractivity contribution in [1.29, 1.82) is 0 Å². The lowest BCUT2D eigenvalue weighted by Crippen LogP contribution is -2.08. The maximum absolute atomic E-state index is 3.68. The molecule has 3 nitrogen and oxygen atoms in total. The Labute approximate surface area is 69.0 Å². The molecule has 0 aliphatic rings. The molecule has 0 saturated carbocycles. The lowest BCUT2D eigenvalue weighted by Gasteiger charge is -1.94. The normalized spacial score (nSPS) is 9.55. The molecule has 0 aliphatic carbocycles. The number of aliphatic imine (C=N–C) groups is 2. The minimum absolute atomic E-state index is 0.683. The molecule has 0 heterocycles. The Kier molecular flexibility index (Phi) is 13.6. The number of nitrogens with zero attached hydrogens (tertiary/aromatic N) is 2. The van der Waals surface area contributed by atoms with Crippen LogP contribution in [0.25, 0.3) is 0 Å². The third kappa shape index (κ3) is 9.04. The molecule has 0 bridgehead atoms. The van der Waals surface area contributed by atoms with Crippen LogP contribution in [0.2, 0.25) is 0 Å². The van der Waals surface area contributed by atoms with E-state index in [9.17, 15) is 0 Å². The molecule has 0 aromatic rings. The Bertz CT molecular complexity index is 127. The number of rotatable bonds is 4.